The zero-order valence-corrected chi connectivity index (χ0v) is 20.1. The van der Waals surface area contributed by atoms with Crippen LogP contribution < -0.4 is 10.7 Å². The summed E-state index contributed by atoms with van der Waals surface area (Å²) in [5, 5.41) is 12.1. The molecule has 34 heavy (non-hydrogen) atoms. The molecule has 1 atom stereocenters. The average Bonchev–Trinajstić information content (AvgIpc) is 3.35. The van der Waals surface area contributed by atoms with Crippen molar-refractivity contribution in [3.8, 4) is 5.69 Å². The summed E-state index contributed by atoms with van der Waals surface area (Å²) in [7, 11) is 0. The average molecular weight is 479 g/mol. The number of aryl methyl sites for hydroxylation is 3. The van der Waals surface area contributed by atoms with E-state index in [1.165, 1.54) is 11.8 Å². The Balaban J connectivity index is 1.36. The summed E-state index contributed by atoms with van der Waals surface area (Å²) in [6.45, 7) is 5.69. The Morgan fingerprint density at radius 3 is 2.65 bits per heavy atom. The van der Waals surface area contributed by atoms with Crippen LogP contribution in [0.15, 0.2) is 60.0 Å². The lowest BCUT2D eigenvalue weighted by Gasteiger charge is -2.21. The van der Waals surface area contributed by atoms with Gasteiger partial charge in [0, 0.05) is 0 Å². The number of urea groups is 1. The number of amides is 4. The number of thioether (sulfide) groups is 1. The molecule has 176 valence electrons. The second-order valence-electron chi connectivity index (χ2n) is 8.49. The van der Waals surface area contributed by atoms with Crippen molar-refractivity contribution in [1.82, 2.24) is 30.5 Å². The van der Waals surface area contributed by atoms with Gasteiger partial charge in [0.15, 0.2) is 5.16 Å². The zero-order chi connectivity index (χ0) is 24.3. The van der Waals surface area contributed by atoms with Gasteiger partial charge in [-0.1, -0.05) is 59.8 Å². The van der Waals surface area contributed by atoms with Crippen LogP contribution in [0, 0.1) is 13.8 Å². The van der Waals surface area contributed by atoms with Crippen LogP contribution in [0.2, 0.25) is 0 Å². The summed E-state index contributed by atoms with van der Waals surface area (Å²) >= 11 is 1.17. The van der Waals surface area contributed by atoms with Crippen molar-refractivity contribution >= 4 is 29.6 Å². The zero-order valence-electron chi connectivity index (χ0n) is 19.2. The van der Waals surface area contributed by atoms with Gasteiger partial charge in [-0.25, -0.2) is 4.79 Å². The fraction of sp³-hybridized carbons (Fsp3) is 0.292. The van der Waals surface area contributed by atoms with Gasteiger partial charge in [-0.05, 0) is 50.8 Å². The Morgan fingerprint density at radius 1 is 1.15 bits per heavy atom. The Labute approximate surface area is 201 Å². The van der Waals surface area contributed by atoms with Gasteiger partial charge in [0.2, 0.25) is 5.91 Å². The van der Waals surface area contributed by atoms with E-state index in [9.17, 15) is 14.4 Å². The van der Waals surface area contributed by atoms with Crippen molar-refractivity contribution in [2.24, 2.45) is 0 Å². The van der Waals surface area contributed by atoms with Crippen molar-refractivity contribution in [3.05, 3.63) is 71.5 Å². The molecule has 0 spiro atoms. The van der Waals surface area contributed by atoms with Gasteiger partial charge in [-0.2, -0.15) is 5.01 Å². The molecular formula is C24H26N6O3S. The van der Waals surface area contributed by atoms with Crippen LogP contribution in [0.5, 0.6) is 0 Å². The first-order valence-corrected chi connectivity index (χ1v) is 11.9. The van der Waals surface area contributed by atoms with Crippen molar-refractivity contribution in [2.75, 3.05) is 5.75 Å². The van der Waals surface area contributed by atoms with Gasteiger partial charge in [0.05, 0.1) is 11.4 Å². The molecule has 4 amide bonds. The van der Waals surface area contributed by atoms with E-state index in [0.29, 0.717) is 18.0 Å². The summed E-state index contributed by atoms with van der Waals surface area (Å²) in [6.07, 6.45) is 2.63. The highest BCUT2D eigenvalue weighted by atomic mass is 32.2. The number of nitrogens with one attached hydrogen (secondary N) is 2. The van der Waals surface area contributed by atoms with Crippen LogP contribution in [0.1, 0.15) is 30.0 Å². The number of imide groups is 1. The molecule has 3 aromatic rings. The smallest absolute Gasteiger partial charge is 0.322 e. The largest absolute Gasteiger partial charge is 0.344 e. The lowest BCUT2D eigenvalue weighted by Crippen LogP contribution is -2.49. The number of carbonyl (C=O) groups is 3. The topological polar surface area (TPSA) is 109 Å². The minimum atomic E-state index is -1.09. The van der Waals surface area contributed by atoms with Gasteiger partial charge < -0.3 is 5.32 Å². The SMILES string of the molecule is Cc1ccc(-n2cnnc2SCC(=O)NN2C(=O)NC(C)(CCc3ccccc3)C2=O)c(C)c1. The first-order chi connectivity index (χ1) is 16.3. The van der Waals surface area contributed by atoms with Gasteiger partial charge in [0.25, 0.3) is 5.91 Å². The predicted octanol–water partition coefficient (Wildman–Crippen LogP) is 2.95. The monoisotopic (exact) mass is 478 g/mol. The summed E-state index contributed by atoms with van der Waals surface area (Å²) in [6, 6.07) is 15.1. The maximum atomic E-state index is 12.9. The van der Waals surface area contributed by atoms with E-state index in [2.05, 4.69) is 27.0 Å². The fourth-order valence-corrected chi connectivity index (χ4v) is 4.56. The number of aromatic nitrogens is 3. The van der Waals surface area contributed by atoms with Gasteiger partial charge in [0.1, 0.15) is 11.9 Å². The summed E-state index contributed by atoms with van der Waals surface area (Å²) in [5.41, 5.74) is 5.53. The number of benzene rings is 2. The van der Waals surface area contributed by atoms with Gasteiger partial charge in [-0.3, -0.25) is 19.6 Å². The molecule has 0 radical (unpaired) electrons. The molecule has 1 fully saturated rings. The van der Waals surface area contributed by atoms with Crippen molar-refractivity contribution in [1.29, 1.82) is 0 Å². The van der Waals surface area contributed by atoms with E-state index in [0.717, 1.165) is 27.4 Å². The second-order valence-corrected chi connectivity index (χ2v) is 9.43. The number of hydrogen-bond donors (Lipinski definition) is 2. The fourth-order valence-electron chi connectivity index (χ4n) is 3.85. The Hall–Kier alpha value is -3.66. The number of carbonyl (C=O) groups excluding carboxylic acids is 3. The molecule has 2 aromatic carbocycles. The third-order valence-corrected chi connectivity index (χ3v) is 6.66. The highest BCUT2D eigenvalue weighted by Gasteiger charge is 2.48. The van der Waals surface area contributed by atoms with Crippen molar-refractivity contribution < 1.29 is 14.4 Å². The predicted molar refractivity (Wildman–Crippen MR) is 128 cm³/mol. The van der Waals surface area contributed by atoms with Crippen LogP contribution in [-0.2, 0) is 16.0 Å². The molecule has 1 aliphatic rings. The Morgan fingerprint density at radius 2 is 1.91 bits per heavy atom. The van der Waals surface area contributed by atoms with Crippen LogP contribution in [0.25, 0.3) is 5.69 Å². The van der Waals surface area contributed by atoms with Crippen LogP contribution >= 0.6 is 11.8 Å². The maximum absolute atomic E-state index is 12.9. The summed E-state index contributed by atoms with van der Waals surface area (Å²) in [5.74, 6) is -1.01. The maximum Gasteiger partial charge on any atom is 0.344 e. The highest BCUT2D eigenvalue weighted by molar-refractivity contribution is 7.99. The Bertz CT molecular complexity index is 1230. The molecule has 0 bridgehead atoms. The third-order valence-electron chi connectivity index (χ3n) is 5.71. The molecular weight excluding hydrogens is 452 g/mol. The van der Waals surface area contributed by atoms with Crippen LogP contribution in [0.3, 0.4) is 0 Å². The van der Waals surface area contributed by atoms with E-state index < -0.39 is 23.4 Å². The minimum absolute atomic E-state index is 0.0403. The molecule has 0 aliphatic carbocycles. The first kappa shape index (κ1) is 23.5. The lowest BCUT2D eigenvalue weighted by atomic mass is 9.93. The van der Waals surface area contributed by atoms with Crippen LogP contribution in [-0.4, -0.2) is 48.9 Å². The van der Waals surface area contributed by atoms with Crippen molar-refractivity contribution in [2.45, 2.75) is 44.3 Å². The van der Waals surface area contributed by atoms with E-state index in [1.807, 2.05) is 56.3 Å². The second kappa shape index (κ2) is 9.68. The van der Waals surface area contributed by atoms with Crippen molar-refractivity contribution in [3.63, 3.8) is 0 Å². The Kier molecular flexibility index (Phi) is 6.69. The van der Waals surface area contributed by atoms with E-state index in [-0.39, 0.29) is 5.75 Å². The molecule has 1 saturated heterocycles. The molecule has 2 heterocycles. The van der Waals surface area contributed by atoms with E-state index in [1.54, 1.807) is 17.8 Å². The van der Waals surface area contributed by atoms with Gasteiger partial charge in [-0.15, -0.1) is 10.2 Å². The molecule has 2 N–H and O–H groups in total. The van der Waals surface area contributed by atoms with Crippen LogP contribution in [0.4, 0.5) is 4.79 Å². The first-order valence-electron chi connectivity index (χ1n) is 10.9. The minimum Gasteiger partial charge on any atom is -0.322 e. The normalized spacial score (nSPS) is 17.7. The standard InChI is InChI=1S/C24H26N6O3S/c1-16-9-10-19(17(2)13-16)29-15-25-27-23(29)34-14-20(31)28-30-21(32)24(3,26-22(30)33)12-11-18-7-5-4-6-8-18/h4-10,13,15H,11-12,14H2,1-3H3,(H,26,33)(H,28,31). The molecule has 4 rings (SSSR count). The quantitative estimate of drug-likeness (QED) is 0.381. The highest BCUT2D eigenvalue weighted by Crippen LogP contribution is 2.24. The molecule has 9 nitrogen and oxygen atoms in total. The number of rotatable bonds is 8. The molecule has 1 aromatic heterocycles. The number of hydrogen-bond acceptors (Lipinski definition) is 6. The summed E-state index contributed by atoms with van der Waals surface area (Å²) < 4.78 is 1.81. The van der Waals surface area contributed by atoms with Gasteiger partial charge >= 0.3 is 6.03 Å². The van der Waals surface area contributed by atoms with E-state index in [4.69, 9.17) is 0 Å². The number of hydrazine groups is 1. The molecule has 1 unspecified atom stereocenters. The number of nitrogens with zero attached hydrogens (tertiary/aromatic N) is 4. The third kappa shape index (κ3) is 4.96. The molecule has 0 saturated carbocycles. The molecule has 1 aliphatic heterocycles. The lowest BCUT2D eigenvalue weighted by molar-refractivity contribution is -0.138. The molecule has 10 heteroatoms. The summed E-state index contributed by atoms with van der Waals surface area (Å²) in [4.78, 5) is 37.9. The van der Waals surface area contributed by atoms with E-state index >= 15 is 0 Å².